The Morgan fingerprint density at radius 2 is 1.73 bits per heavy atom. The number of aliphatic carboxylic acids is 1. The lowest BCUT2D eigenvalue weighted by molar-refractivity contribution is -0.141. The summed E-state index contributed by atoms with van der Waals surface area (Å²) < 4.78 is 5.25. The summed E-state index contributed by atoms with van der Waals surface area (Å²) in [6.07, 6.45) is 3.16. The highest BCUT2D eigenvalue weighted by molar-refractivity contribution is 5.96. The predicted octanol–water partition coefficient (Wildman–Crippen LogP) is 1.97. The van der Waals surface area contributed by atoms with E-state index in [2.05, 4.69) is 10.6 Å². The molecule has 1 fully saturated rings. The van der Waals surface area contributed by atoms with E-state index in [0.717, 1.165) is 31.2 Å². The number of carboxylic acid groups (broad SMARTS) is 1. The average Bonchev–Trinajstić information content (AvgIpc) is 2.86. The SMILES string of the molecule is COc1ccc(C)cc1C(O)C(=O)NC(C(=O)NC(CC(=O)O)C(=O)CN(C)C1CCCCC1)C(C)C. The second-order valence-electron chi connectivity index (χ2n) is 10.2. The number of ether oxygens (including phenoxy) is 1. The molecule has 0 aliphatic heterocycles. The van der Waals surface area contributed by atoms with E-state index >= 15 is 0 Å². The van der Waals surface area contributed by atoms with Crippen LogP contribution in [0.5, 0.6) is 5.75 Å². The molecule has 0 heterocycles. The number of nitrogens with one attached hydrogen (secondary N) is 2. The van der Waals surface area contributed by atoms with E-state index in [-0.39, 0.29) is 18.2 Å². The monoisotopic (exact) mass is 519 g/mol. The van der Waals surface area contributed by atoms with E-state index in [1.807, 2.05) is 18.9 Å². The number of Topliss-reactive ketones (excluding diaryl/α,β-unsaturated/α-hetero) is 1. The van der Waals surface area contributed by atoms with Crippen LogP contribution in [0, 0.1) is 12.8 Å². The first-order chi connectivity index (χ1) is 17.4. The van der Waals surface area contributed by atoms with Gasteiger partial charge in [-0.1, -0.05) is 44.7 Å². The number of rotatable bonds is 13. The van der Waals surface area contributed by atoms with Crippen molar-refractivity contribution in [2.24, 2.45) is 5.92 Å². The molecule has 0 radical (unpaired) electrons. The van der Waals surface area contributed by atoms with E-state index < -0.39 is 54.1 Å². The van der Waals surface area contributed by atoms with Crippen LogP contribution < -0.4 is 15.4 Å². The summed E-state index contributed by atoms with van der Waals surface area (Å²) in [5, 5.41) is 25.1. The minimum Gasteiger partial charge on any atom is -0.496 e. The number of benzene rings is 1. The van der Waals surface area contributed by atoms with Crippen molar-refractivity contribution in [1.29, 1.82) is 0 Å². The van der Waals surface area contributed by atoms with Crippen molar-refractivity contribution >= 4 is 23.6 Å². The van der Waals surface area contributed by atoms with Gasteiger partial charge in [0.25, 0.3) is 5.91 Å². The average molecular weight is 520 g/mol. The number of nitrogens with zero attached hydrogens (tertiary/aromatic N) is 1. The van der Waals surface area contributed by atoms with Crippen molar-refractivity contribution in [3.8, 4) is 5.75 Å². The Morgan fingerprint density at radius 1 is 1.08 bits per heavy atom. The van der Waals surface area contributed by atoms with Crippen molar-refractivity contribution in [1.82, 2.24) is 15.5 Å². The topological polar surface area (TPSA) is 145 Å². The Balaban J connectivity index is 2.12. The fourth-order valence-corrected chi connectivity index (χ4v) is 4.66. The van der Waals surface area contributed by atoms with E-state index in [4.69, 9.17) is 4.74 Å². The Bertz CT molecular complexity index is 959. The molecule has 2 rings (SSSR count). The lowest BCUT2D eigenvalue weighted by atomic mass is 9.94. The highest BCUT2D eigenvalue weighted by atomic mass is 16.5. The molecular weight excluding hydrogens is 478 g/mol. The van der Waals surface area contributed by atoms with E-state index in [9.17, 15) is 29.4 Å². The van der Waals surface area contributed by atoms with Crippen LogP contribution in [0.4, 0.5) is 0 Å². The van der Waals surface area contributed by atoms with Gasteiger partial charge in [-0.3, -0.25) is 24.1 Å². The lowest BCUT2D eigenvalue weighted by Crippen LogP contribution is -2.56. The Hall–Kier alpha value is -2.98. The Morgan fingerprint density at radius 3 is 2.30 bits per heavy atom. The number of hydrogen-bond acceptors (Lipinski definition) is 7. The molecule has 1 aliphatic rings. The van der Waals surface area contributed by atoms with Gasteiger partial charge in [-0.15, -0.1) is 0 Å². The summed E-state index contributed by atoms with van der Waals surface area (Å²) in [7, 11) is 3.26. The summed E-state index contributed by atoms with van der Waals surface area (Å²) in [6.45, 7) is 5.24. The molecule has 3 atom stereocenters. The maximum Gasteiger partial charge on any atom is 0.305 e. The van der Waals surface area contributed by atoms with Crippen LogP contribution in [0.25, 0.3) is 0 Å². The van der Waals surface area contributed by atoms with Crippen LogP contribution in [0.3, 0.4) is 0 Å². The van der Waals surface area contributed by atoms with Gasteiger partial charge in [-0.25, -0.2) is 0 Å². The minimum absolute atomic E-state index is 0.0213. The first-order valence-corrected chi connectivity index (χ1v) is 12.8. The largest absolute Gasteiger partial charge is 0.496 e. The second-order valence-corrected chi connectivity index (χ2v) is 10.2. The Labute approximate surface area is 218 Å². The van der Waals surface area contributed by atoms with Crippen LogP contribution in [-0.4, -0.2) is 77.5 Å². The molecule has 10 heteroatoms. The van der Waals surface area contributed by atoms with E-state index in [0.29, 0.717) is 5.75 Å². The van der Waals surface area contributed by atoms with Crippen LogP contribution in [0.2, 0.25) is 0 Å². The van der Waals surface area contributed by atoms with Gasteiger partial charge in [0.1, 0.15) is 11.8 Å². The van der Waals surface area contributed by atoms with Crippen molar-refractivity contribution in [2.45, 2.75) is 83.5 Å². The highest BCUT2D eigenvalue weighted by Crippen LogP contribution is 2.27. The minimum atomic E-state index is -1.59. The summed E-state index contributed by atoms with van der Waals surface area (Å²) in [6, 6.07) is 2.96. The molecule has 1 aromatic carbocycles. The normalized spacial score (nSPS) is 16.6. The van der Waals surface area contributed by atoms with Gasteiger partial charge >= 0.3 is 5.97 Å². The van der Waals surface area contributed by atoms with Crippen molar-refractivity contribution in [3.05, 3.63) is 29.3 Å². The molecule has 1 aromatic rings. The third kappa shape index (κ3) is 8.82. The summed E-state index contributed by atoms with van der Waals surface area (Å²) in [5.41, 5.74) is 1.07. The number of methoxy groups -OCH3 is 1. The van der Waals surface area contributed by atoms with Crippen LogP contribution in [-0.2, 0) is 19.2 Å². The molecular formula is C27H41N3O7. The molecule has 37 heavy (non-hydrogen) atoms. The fourth-order valence-electron chi connectivity index (χ4n) is 4.66. The van der Waals surface area contributed by atoms with Crippen LogP contribution in [0.1, 0.15) is 69.6 Å². The highest BCUT2D eigenvalue weighted by Gasteiger charge is 2.33. The van der Waals surface area contributed by atoms with Crippen LogP contribution >= 0.6 is 0 Å². The zero-order valence-corrected chi connectivity index (χ0v) is 22.5. The number of hydrogen-bond donors (Lipinski definition) is 4. The van der Waals surface area contributed by atoms with Crippen molar-refractivity contribution in [2.75, 3.05) is 20.7 Å². The number of aliphatic hydroxyl groups excluding tert-OH is 1. The quantitative estimate of drug-likeness (QED) is 0.310. The third-order valence-corrected chi connectivity index (χ3v) is 6.86. The van der Waals surface area contributed by atoms with Gasteiger partial charge in [0.05, 0.1) is 26.1 Å². The number of likely N-dealkylation sites (N-methyl/N-ethyl adjacent to an activating group) is 1. The predicted molar refractivity (Wildman–Crippen MR) is 138 cm³/mol. The van der Waals surface area contributed by atoms with E-state index in [1.165, 1.54) is 13.5 Å². The summed E-state index contributed by atoms with van der Waals surface area (Å²) >= 11 is 0. The number of carbonyl (C=O) groups is 4. The standard InChI is InChI=1S/C27H41N3O7/c1-16(2)24(29-27(36)25(34)19-13-17(3)11-12-22(19)37-5)26(35)28-20(14-23(32)33)21(31)15-30(4)18-9-7-6-8-10-18/h11-13,16,18,20,24-25,34H,6-10,14-15H2,1-5H3,(H,28,35)(H,29,36)(H,32,33). The van der Waals surface area contributed by atoms with Gasteiger partial charge < -0.3 is 25.6 Å². The molecule has 0 spiro atoms. The fraction of sp³-hybridized carbons (Fsp3) is 0.630. The number of aryl methyl sites for hydroxylation is 1. The molecule has 4 N–H and O–H groups in total. The number of aliphatic hydroxyl groups is 1. The number of carbonyl (C=O) groups excluding carboxylic acids is 3. The van der Waals surface area contributed by atoms with Gasteiger partial charge in [0.2, 0.25) is 5.91 Å². The second kappa shape index (κ2) is 14.1. The Kier molecular flexibility index (Phi) is 11.5. The van der Waals surface area contributed by atoms with E-state index in [1.54, 1.807) is 32.0 Å². The molecule has 2 amide bonds. The maximum atomic E-state index is 13.1. The number of ketones is 1. The van der Waals surface area contributed by atoms with Gasteiger partial charge in [-0.05, 0) is 44.9 Å². The zero-order chi connectivity index (χ0) is 27.7. The summed E-state index contributed by atoms with van der Waals surface area (Å²) in [4.78, 5) is 52.5. The van der Waals surface area contributed by atoms with Crippen LogP contribution in [0.15, 0.2) is 18.2 Å². The van der Waals surface area contributed by atoms with Gasteiger partial charge in [0, 0.05) is 11.6 Å². The first kappa shape index (κ1) is 30.2. The molecule has 1 aliphatic carbocycles. The lowest BCUT2D eigenvalue weighted by Gasteiger charge is -2.32. The molecule has 206 valence electrons. The van der Waals surface area contributed by atoms with Gasteiger partial charge in [-0.2, -0.15) is 0 Å². The summed E-state index contributed by atoms with van der Waals surface area (Å²) in [5.74, 6) is -3.19. The van der Waals surface area contributed by atoms with Crippen molar-refractivity contribution in [3.63, 3.8) is 0 Å². The maximum absolute atomic E-state index is 13.1. The third-order valence-electron chi connectivity index (χ3n) is 6.86. The first-order valence-electron chi connectivity index (χ1n) is 12.8. The van der Waals surface area contributed by atoms with Gasteiger partial charge in [0.15, 0.2) is 11.9 Å². The van der Waals surface area contributed by atoms with Crippen molar-refractivity contribution < 1.29 is 34.1 Å². The zero-order valence-electron chi connectivity index (χ0n) is 22.5. The molecule has 3 unspecified atom stereocenters. The molecule has 10 nitrogen and oxygen atoms in total. The molecule has 0 aromatic heterocycles. The molecule has 0 saturated heterocycles. The molecule has 1 saturated carbocycles. The molecule has 0 bridgehead atoms. The smallest absolute Gasteiger partial charge is 0.305 e. The number of amides is 2. The number of carboxylic acids is 1.